The molecule has 22 heavy (non-hydrogen) atoms. The van der Waals surface area contributed by atoms with Crippen molar-refractivity contribution in [2.75, 3.05) is 12.3 Å². The first-order valence-electron chi connectivity index (χ1n) is 6.57. The van der Waals surface area contributed by atoms with E-state index in [0.29, 0.717) is 12.7 Å². The highest BCUT2D eigenvalue weighted by Gasteiger charge is 2.31. The summed E-state index contributed by atoms with van der Waals surface area (Å²) in [4.78, 5) is 11.7. The van der Waals surface area contributed by atoms with Crippen LogP contribution < -0.4 is 11.3 Å². The van der Waals surface area contributed by atoms with Crippen LogP contribution in [0.3, 0.4) is 0 Å². The molecule has 0 spiro atoms. The van der Waals surface area contributed by atoms with Gasteiger partial charge in [-0.25, -0.2) is 0 Å². The Bertz CT molecular complexity index is 681. The molecule has 0 unspecified atom stereocenters. The van der Waals surface area contributed by atoms with E-state index >= 15 is 0 Å². The summed E-state index contributed by atoms with van der Waals surface area (Å²) in [6.45, 7) is 0.430. The number of anilines is 1. The number of nitrogens with zero attached hydrogens (tertiary/aromatic N) is 1. The van der Waals surface area contributed by atoms with Crippen LogP contribution in [0, 0.1) is 0 Å². The smallest absolute Gasteiger partial charge is 0.394 e. The summed E-state index contributed by atoms with van der Waals surface area (Å²) in [5, 5.41) is 0. The Morgan fingerprint density at radius 1 is 1.18 bits per heavy atom. The van der Waals surface area contributed by atoms with Gasteiger partial charge in [0, 0.05) is 12.7 Å². The summed E-state index contributed by atoms with van der Waals surface area (Å²) in [5.41, 5.74) is 4.24. The fourth-order valence-corrected chi connectivity index (χ4v) is 1.91. The van der Waals surface area contributed by atoms with Crippen molar-refractivity contribution in [3.05, 3.63) is 64.1 Å². The number of hydrogen-bond donors (Lipinski definition) is 1. The van der Waals surface area contributed by atoms with Crippen molar-refractivity contribution in [3.63, 3.8) is 0 Å². The molecule has 0 saturated carbocycles. The standard InChI is InChI=1S/C15H15F3N2O2/c16-15(17,18)12-8-13(19)14(21)20(9-12)6-7-22-10-11-4-2-1-3-5-11/h1-5,8-9H,6-7,10,19H2. The molecule has 1 aromatic carbocycles. The minimum atomic E-state index is -4.55. The summed E-state index contributed by atoms with van der Waals surface area (Å²) in [6.07, 6.45) is -3.79. The molecule has 0 radical (unpaired) electrons. The first kappa shape index (κ1) is 16.1. The fraction of sp³-hybridized carbons (Fsp3) is 0.267. The van der Waals surface area contributed by atoms with Crippen LogP contribution in [-0.4, -0.2) is 11.2 Å². The number of rotatable bonds is 5. The Morgan fingerprint density at radius 3 is 2.50 bits per heavy atom. The van der Waals surface area contributed by atoms with Crippen molar-refractivity contribution in [1.82, 2.24) is 4.57 Å². The highest BCUT2D eigenvalue weighted by atomic mass is 19.4. The second-order valence-corrected chi connectivity index (χ2v) is 4.72. The number of hydrogen-bond acceptors (Lipinski definition) is 3. The molecule has 0 bridgehead atoms. The minimum Gasteiger partial charge on any atom is -0.394 e. The van der Waals surface area contributed by atoms with Gasteiger partial charge in [0.25, 0.3) is 5.56 Å². The SMILES string of the molecule is Nc1cc(C(F)(F)F)cn(CCOCc2ccccc2)c1=O. The molecule has 4 nitrogen and oxygen atoms in total. The average Bonchev–Trinajstić information content (AvgIpc) is 2.47. The lowest BCUT2D eigenvalue weighted by atomic mass is 10.2. The molecule has 7 heteroatoms. The summed E-state index contributed by atoms with van der Waals surface area (Å²) in [7, 11) is 0. The van der Waals surface area contributed by atoms with Crippen molar-refractivity contribution in [3.8, 4) is 0 Å². The highest BCUT2D eigenvalue weighted by molar-refractivity contribution is 5.38. The molecule has 1 heterocycles. The molecule has 2 N–H and O–H groups in total. The zero-order valence-electron chi connectivity index (χ0n) is 11.6. The normalized spacial score (nSPS) is 11.6. The van der Waals surface area contributed by atoms with Crippen molar-refractivity contribution in [2.45, 2.75) is 19.3 Å². The molecule has 0 amide bonds. The molecule has 2 aromatic rings. The Balaban J connectivity index is 2.00. The predicted octanol–water partition coefficient (Wildman–Crippen LogP) is 2.67. The third-order valence-corrected chi connectivity index (χ3v) is 3.03. The van der Waals surface area contributed by atoms with Crippen LogP contribution >= 0.6 is 0 Å². The zero-order valence-corrected chi connectivity index (χ0v) is 11.6. The lowest BCUT2D eigenvalue weighted by molar-refractivity contribution is -0.138. The van der Waals surface area contributed by atoms with Crippen LogP contribution in [0.4, 0.5) is 18.9 Å². The van der Waals surface area contributed by atoms with E-state index in [1.807, 2.05) is 30.3 Å². The van der Waals surface area contributed by atoms with Gasteiger partial charge in [0.2, 0.25) is 0 Å². The van der Waals surface area contributed by atoms with Gasteiger partial charge in [-0.15, -0.1) is 0 Å². The Kier molecular flexibility index (Phi) is 4.87. The molecule has 2 rings (SSSR count). The van der Waals surface area contributed by atoms with Gasteiger partial charge in [0.1, 0.15) is 0 Å². The predicted molar refractivity (Wildman–Crippen MR) is 76.2 cm³/mol. The van der Waals surface area contributed by atoms with Crippen LogP contribution in [-0.2, 0) is 24.1 Å². The van der Waals surface area contributed by atoms with Gasteiger partial charge in [0.05, 0.1) is 24.5 Å². The highest BCUT2D eigenvalue weighted by Crippen LogP contribution is 2.29. The number of halogens is 3. The number of nitrogen functional groups attached to an aromatic ring is 1. The van der Waals surface area contributed by atoms with Crippen LogP contribution in [0.1, 0.15) is 11.1 Å². The summed E-state index contributed by atoms with van der Waals surface area (Å²) in [5.74, 6) is 0. The number of nitrogens with two attached hydrogens (primary N) is 1. The van der Waals surface area contributed by atoms with Crippen LogP contribution in [0.15, 0.2) is 47.4 Å². The van der Waals surface area contributed by atoms with Crippen molar-refractivity contribution in [2.24, 2.45) is 0 Å². The number of aromatic nitrogens is 1. The molecule has 118 valence electrons. The molecule has 0 saturated heterocycles. The van der Waals surface area contributed by atoms with Gasteiger partial charge < -0.3 is 15.0 Å². The van der Waals surface area contributed by atoms with E-state index in [2.05, 4.69) is 0 Å². The van der Waals surface area contributed by atoms with E-state index in [4.69, 9.17) is 10.5 Å². The monoisotopic (exact) mass is 312 g/mol. The minimum absolute atomic E-state index is 0.000211. The van der Waals surface area contributed by atoms with E-state index in [-0.39, 0.29) is 13.2 Å². The van der Waals surface area contributed by atoms with E-state index < -0.39 is 23.0 Å². The Morgan fingerprint density at radius 2 is 1.86 bits per heavy atom. The van der Waals surface area contributed by atoms with Crippen molar-refractivity contribution in [1.29, 1.82) is 0 Å². The molecule has 1 aromatic heterocycles. The fourth-order valence-electron chi connectivity index (χ4n) is 1.91. The molecule has 0 aliphatic carbocycles. The summed E-state index contributed by atoms with van der Waals surface area (Å²) < 4.78 is 44.3. The maximum absolute atomic E-state index is 12.7. The van der Waals surface area contributed by atoms with Crippen molar-refractivity contribution >= 4 is 5.69 Å². The number of benzene rings is 1. The molecule has 0 atom stereocenters. The van der Waals surface area contributed by atoms with Crippen LogP contribution in [0.2, 0.25) is 0 Å². The molecule has 0 aliphatic rings. The molecule has 0 fully saturated rings. The Hall–Kier alpha value is -2.28. The van der Waals surface area contributed by atoms with Gasteiger partial charge in [-0.1, -0.05) is 30.3 Å². The van der Waals surface area contributed by atoms with Gasteiger partial charge in [-0.05, 0) is 11.6 Å². The van der Waals surface area contributed by atoms with E-state index in [9.17, 15) is 18.0 Å². The number of alkyl halides is 3. The lowest BCUT2D eigenvalue weighted by Gasteiger charge is -2.12. The van der Waals surface area contributed by atoms with E-state index in [1.165, 1.54) is 0 Å². The third kappa shape index (κ3) is 4.11. The molecule has 0 aliphatic heterocycles. The lowest BCUT2D eigenvalue weighted by Crippen LogP contribution is -2.26. The quantitative estimate of drug-likeness (QED) is 0.864. The van der Waals surface area contributed by atoms with Crippen molar-refractivity contribution < 1.29 is 17.9 Å². The summed E-state index contributed by atoms with van der Waals surface area (Å²) >= 11 is 0. The molecular formula is C15H15F3N2O2. The first-order chi connectivity index (χ1) is 10.4. The second kappa shape index (κ2) is 6.65. The zero-order chi connectivity index (χ0) is 16.2. The van der Waals surface area contributed by atoms with Crippen LogP contribution in [0.5, 0.6) is 0 Å². The largest absolute Gasteiger partial charge is 0.417 e. The van der Waals surface area contributed by atoms with Gasteiger partial charge >= 0.3 is 6.18 Å². The van der Waals surface area contributed by atoms with E-state index in [1.54, 1.807) is 0 Å². The summed E-state index contributed by atoms with van der Waals surface area (Å²) in [6, 6.07) is 9.97. The average molecular weight is 312 g/mol. The molecular weight excluding hydrogens is 297 g/mol. The Labute approximate surface area is 124 Å². The number of pyridine rings is 1. The maximum Gasteiger partial charge on any atom is 0.417 e. The topological polar surface area (TPSA) is 57.2 Å². The van der Waals surface area contributed by atoms with E-state index in [0.717, 1.165) is 16.3 Å². The first-order valence-corrected chi connectivity index (χ1v) is 6.57. The van der Waals surface area contributed by atoms with Gasteiger partial charge in [-0.3, -0.25) is 4.79 Å². The second-order valence-electron chi connectivity index (χ2n) is 4.72. The van der Waals surface area contributed by atoms with Crippen LogP contribution in [0.25, 0.3) is 0 Å². The van der Waals surface area contributed by atoms with Gasteiger partial charge in [-0.2, -0.15) is 13.2 Å². The maximum atomic E-state index is 12.7. The number of ether oxygens (including phenoxy) is 1. The van der Waals surface area contributed by atoms with Gasteiger partial charge in [0.15, 0.2) is 0 Å². The third-order valence-electron chi connectivity index (χ3n) is 3.03.